The summed E-state index contributed by atoms with van der Waals surface area (Å²) in [6, 6.07) is 4.16. The molecule has 1 amide bonds. The molecule has 2 fully saturated rings. The summed E-state index contributed by atoms with van der Waals surface area (Å²) < 4.78 is 7.38. The normalized spacial score (nSPS) is 20.9. The van der Waals surface area contributed by atoms with Crippen molar-refractivity contribution in [1.29, 1.82) is 0 Å². The minimum Gasteiger partial charge on any atom is -0.444 e. The minimum absolute atomic E-state index is 0.0390. The van der Waals surface area contributed by atoms with Crippen LogP contribution in [0.15, 0.2) is 12.1 Å². The lowest BCUT2D eigenvalue weighted by molar-refractivity contribution is 0.0493. The van der Waals surface area contributed by atoms with Gasteiger partial charge in [-0.3, -0.25) is 0 Å². The van der Waals surface area contributed by atoms with E-state index in [1.807, 2.05) is 37.6 Å². The monoisotopic (exact) mass is 386 g/mol. The number of carbonyl (C=O) groups is 1. The van der Waals surface area contributed by atoms with Gasteiger partial charge in [-0.05, 0) is 59.6 Å². The van der Waals surface area contributed by atoms with Crippen molar-refractivity contribution in [3.05, 3.63) is 12.1 Å². The van der Waals surface area contributed by atoms with Crippen molar-refractivity contribution in [3.63, 3.8) is 0 Å². The molecule has 8 nitrogen and oxygen atoms in total. The Morgan fingerprint density at radius 1 is 1.36 bits per heavy atom. The highest BCUT2D eigenvalue weighted by Gasteiger charge is 2.56. The van der Waals surface area contributed by atoms with Gasteiger partial charge in [-0.1, -0.05) is 5.21 Å². The summed E-state index contributed by atoms with van der Waals surface area (Å²) in [4.78, 5) is 14.6. The number of fused-ring (bicyclic) bond motifs is 1. The SMILES string of the molecule is CC(C)n1nnc2c(N3C[C@H](NC(=O)OC(C)(C)C)C4(CC4)C3)c(N)ccc21. The Bertz CT molecular complexity index is 909. The number of nitrogens with two attached hydrogens (primary N) is 1. The van der Waals surface area contributed by atoms with Gasteiger partial charge in [0.15, 0.2) is 0 Å². The number of hydrogen-bond donors (Lipinski definition) is 2. The highest BCUT2D eigenvalue weighted by molar-refractivity contribution is 5.95. The van der Waals surface area contributed by atoms with Crippen LogP contribution in [0.25, 0.3) is 11.0 Å². The van der Waals surface area contributed by atoms with Crippen LogP contribution in [0.3, 0.4) is 0 Å². The van der Waals surface area contributed by atoms with Gasteiger partial charge in [0.25, 0.3) is 0 Å². The maximum atomic E-state index is 12.3. The van der Waals surface area contributed by atoms with E-state index in [-0.39, 0.29) is 23.6 Å². The van der Waals surface area contributed by atoms with Gasteiger partial charge in [-0.25, -0.2) is 9.48 Å². The smallest absolute Gasteiger partial charge is 0.407 e. The van der Waals surface area contributed by atoms with Crippen molar-refractivity contribution in [2.75, 3.05) is 23.7 Å². The van der Waals surface area contributed by atoms with Crippen LogP contribution >= 0.6 is 0 Å². The molecule has 2 aromatic rings. The van der Waals surface area contributed by atoms with E-state index in [1.54, 1.807) is 0 Å². The van der Waals surface area contributed by atoms with E-state index in [1.165, 1.54) is 0 Å². The largest absolute Gasteiger partial charge is 0.444 e. The zero-order chi connectivity index (χ0) is 20.3. The van der Waals surface area contributed by atoms with Crippen LogP contribution < -0.4 is 16.0 Å². The van der Waals surface area contributed by atoms with Gasteiger partial charge in [-0.15, -0.1) is 5.10 Å². The van der Waals surface area contributed by atoms with E-state index in [4.69, 9.17) is 10.5 Å². The molecule has 0 unspecified atom stereocenters. The molecule has 3 N–H and O–H groups in total. The first-order valence-corrected chi connectivity index (χ1v) is 9.97. The maximum absolute atomic E-state index is 12.3. The summed E-state index contributed by atoms with van der Waals surface area (Å²) in [5.74, 6) is 0. The number of nitrogen functional groups attached to an aromatic ring is 1. The van der Waals surface area contributed by atoms with Gasteiger partial charge in [0, 0.05) is 24.5 Å². The number of ether oxygens (including phenoxy) is 1. The third-order valence-electron chi connectivity index (χ3n) is 5.69. The fraction of sp³-hybridized carbons (Fsp3) is 0.650. The predicted molar refractivity (Wildman–Crippen MR) is 109 cm³/mol. The van der Waals surface area contributed by atoms with Crippen LogP contribution in [0.2, 0.25) is 0 Å². The number of carbonyl (C=O) groups excluding carboxylic acids is 1. The number of hydrogen-bond acceptors (Lipinski definition) is 6. The molecule has 2 heterocycles. The van der Waals surface area contributed by atoms with Gasteiger partial charge in [0.2, 0.25) is 0 Å². The standard InChI is InChI=1S/C20H30N6O2/c1-12(2)26-14-7-6-13(21)17(16(14)23-24-26)25-10-15(20(11-25)8-9-20)22-18(27)28-19(3,4)5/h6-7,12,15H,8-11,21H2,1-5H3,(H,22,27)/t15-/m0/s1. The molecule has 0 bridgehead atoms. The average Bonchev–Trinajstić information content (AvgIpc) is 3.07. The molecule has 28 heavy (non-hydrogen) atoms. The Labute approximate surface area is 165 Å². The van der Waals surface area contributed by atoms with E-state index in [2.05, 4.69) is 34.4 Å². The maximum Gasteiger partial charge on any atom is 0.407 e. The Hall–Kier alpha value is -2.51. The van der Waals surface area contributed by atoms with Gasteiger partial charge in [0.1, 0.15) is 11.1 Å². The molecule has 8 heteroatoms. The number of anilines is 2. The number of aromatic nitrogens is 3. The molecular weight excluding hydrogens is 356 g/mol. The molecule has 152 valence electrons. The van der Waals surface area contributed by atoms with Crippen LogP contribution in [-0.2, 0) is 4.74 Å². The first kappa shape index (κ1) is 18.8. The lowest BCUT2D eigenvalue weighted by Gasteiger charge is -2.24. The molecular formula is C20H30N6O2. The summed E-state index contributed by atoms with van der Waals surface area (Å²) in [6.07, 6.45) is 1.83. The average molecular weight is 387 g/mol. The van der Waals surface area contributed by atoms with Crippen LogP contribution in [0.5, 0.6) is 0 Å². The van der Waals surface area contributed by atoms with Crippen molar-refractivity contribution in [2.24, 2.45) is 5.41 Å². The predicted octanol–water partition coefficient (Wildman–Crippen LogP) is 3.09. The molecule has 1 saturated heterocycles. The minimum atomic E-state index is -0.509. The molecule has 1 aliphatic heterocycles. The lowest BCUT2D eigenvalue weighted by Crippen LogP contribution is -2.44. The first-order valence-electron chi connectivity index (χ1n) is 9.97. The molecule has 1 spiro atoms. The molecule has 1 aliphatic carbocycles. The van der Waals surface area contributed by atoms with Gasteiger partial charge in [0.05, 0.1) is 22.9 Å². The summed E-state index contributed by atoms with van der Waals surface area (Å²) >= 11 is 0. The van der Waals surface area contributed by atoms with Gasteiger partial charge in [-0.2, -0.15) is 0 Å². The number of alkyl carbamates (subject to hydrolysis) is 1. The van der Waals surface area contributed by atoms with Gasteiger partial charge >= 0.3 is 6.09 Å². The second-order valence-electron chi connectivity index (χ2n) is 9.44. The fourth-order valence-corrected chi connectivity index (χ4v) is 4.18. The number of amides is 1. The number of nitrogens with one attached hydrogen (secondary N) is 1. The second kappa shape index (κ2) is 6.25. The van der Waals surface area contributed by atoms with Crippen molar-refractivity contribution in [2.45, 2.75) is 65.1 Å². The Morgan fingerprint density at radius 2 is 2.07 bits per heavy atom. The van der Waals surface area contributed by atoms with Crippen molar-refractivity contribution in [1.82, 2.24) is 20.3 Å². The number of nitrogens with zero attached hydrogens (tertiary/aromatic N) is 4. The topological polar surface area (TPSA) is 98.3 Å². The second-order valence-corrected chi connectivity index (χ2v) is 9.44. The molecule has 4 rings (SSSR count). The Kier molecular flexibility index (Phi) is 4.21. The first-order chi connectivity index (χ1) is 13.1. The highest BCUT2D eigenvalue weighted by Crippen LogP contribution is 2.54. The van der Waals surface area contributed by atoms with Crippen LogP contribution in [0.4, 0.5) is 16.2 Å². The lowest BCUT2D eigenvalue weighted by atomic mass is 10.0. The molecule has 0 radical (unpaired) electrons. The number of benzene rings is 1. The van der Waals surface area contributed by atoms with Crippen molar-refractivity contribution < 1.29 is 9.53 Å². The van der Waals surface area contributed by atoms with Gasteiger partial charge < -0.3 is 20.7 Å². The summed E-state index contributed by atoms with van der Waals surface area (Å²) in [5.41, 5.74) is 9.36. The third kappa shape index (κ3) is 3.25. The highest BCUT2D eigenvalue weighted by atomic mass is 16.6. The van der Waals surface area contributed by atoms with Crippen LogP contribution in [0.1, 0.15) is 53.5 Å². The quantitative estimate of drug-likeness (QED) is 0.787. The van der Waals surface area contributed by atoms with Crippen LogP contribution in [0, 0.1) is 5.41 Å². The zero-order valence-electron chi connectivity index (χ0n) is 17.3. The molecule has 1 atom stereocenters. The van der Waals surface area contributed by atoms with E-state index in [0.717, 1.165) is 36.1 Å². The van der Waals surface area contributed by atoms with Crippen LogP contribution in [-0.4, -0.2) is 45.8 Å². The summed E-state index contributed by atoms with van der Waals surface area (Å²) in [7, 11) is 0. The Morgan fingerprint density at radius 3 is 2.68 bits per heavy atom. The molecule has 1 aromatic heterocycles. The molecule has 1 saturated carbocycles. The Balaban J connectivity index is 1.61. The van der Waals surface area contributed by atoms with E-state index in [0.29, 0.717) is 12.2 Å². The molecule has 2 aliphatic rings. The van der Waals surface area contributed by atoms with Crippen molar-refractivity contribution >= 4 is 28.5 Å². The molecule has 1 aromatic carbocycles. The van der Waals surface area contributed by atoms with E-state index >= 15 is 0 Å². The van der Waals surface area contributed by atoms with E-state index in [9.17, 15) is 4.79 Å². The summed E-state index contributed by atoms with van der Waals surface area (Å²) in [5, 5.41) is 11.8. The third-order valence-corrected chi connectivity index (χ3v) is 5.69. The fourth-order valence-electron chi connectivity index (χ4n) is 4.18. The van der Waals surface area contributed by atoms with Crippen molar-refractivity contribution in [3.8, 4) is 0 Å². The zero-order valence-corrected chi connectivity index (χ0v) is 17.3. The summed E-state index contributed by atoms with van der Waals surface area (Å²) in [6.45, 7) is 11.3. The van der Waals surface area contributed by atoms with E-state index < -0.39 is 5.60 Å². The number of rotatable bonds is 3.